The van der Waals surface area contributed by atoms with Crippen LogP contribution in [0.25, 0.3) is 10.2 Å². The van der Waals surface area contributed by atoms with Crippen molar-refractivity contribution in [3.63, 3.8) is 0 Å². The molecule has 94 valence electrons. The van der Waals surface area contributed by atoms with Gasteiger partial charge in [-0.15, -0.1) is 11.3 Å². The molecule has 1 aromatic carbocycles. The average molecular weight is 323 g/mol. The molecule has 0 amide bonds. The second-order valence-corrected chi connectivity index (χ2v) is 7.67. The Labute approximate surface area is 119 Å². The van der Waals surface area contributed by atoms with Gasteiger partial charge in [-0.05, 0) is 44.5 Å². The molecular formula is C14H15BrN2S. The van der Waals surface area contributed by atoms with Gasteiger partial charge in [-0.3, -0.25) is 0 Å². The largest absolute Gasteiger partial charge is 0.302 e. The van der Waals surface area contributed by atoms with Gasteiger partial charge in [0.1, 0.15) is 5.01 Å². The molecule has 4 heteroatoms. The predicted molar refractivity (Wildman–Crippen MR) is 79.3 cm³/mol. The van der Waals surface area contributed by atoms with Crippen molar-refractivity contribution in [2.24, 2.45) is 0 Å². The maximum absolute atomic E-state index is 4.92. The van der Waals surface area contributed by atoms with Crippen molar-refractivity contribution < 1.29 is 0 Å². The van der Waals surface area contributed by atoms with Crippen LogP contribution in [-0.4, -0.2) is 29.5 Å². The van der Waals surface area contributed by atoms with Crippen molar-refractivity contribution >= 4 is 37.5 Å². The monoisotopic (exact) mass is 322 g/mol. The standard InChI is InChI=1S/C14H15BrN2S/c1-17-8-14(5-4-10(17)7-14)13-16-11-6-9(15)2-3-12(11)18-13/h2-3,6,10H,4-5,7-8H2,1H3. The van der Waals surface area contributed by atoms with Crippen molar-refractivity contribution in [2.75, 3.05) is 13.6 Å². The Bertz CT molecular complexity index is 619. The van der Waals surface area contributed by atoms with Crippen LogP contribution >= 0.6 is 27.3 Å². The normalized spacial score (nSPS) is 31.6. The number of hydrogen-bond donors (Lipinski definition) is 0. The lowest BCUT2D eigenvalue weighted by atomic mass is 9.88. The van der Waals surface area contributed by atoms with Crippen LogP contribution in [0.4, 0.5) is 0 Å². The SMILES string of the molecule is CN1CC2(c3nc4cc(Br)ccc4s3)CCC1C2. The van der Waals surface area contributed by atoms with Crippen molar-refractivity contribution in [3.05, 3.63) is 27.7 Å². The third kappa shape index (κ3) is 1.52. The number of likely N-dealkylation sites (tertiary alicyclic amines) is 1. The minimum atomic E-state index is 0.357. The van der Waals surface area contributed by atoms with Crippen molar-refractivity contribution in [1.82, 2.24) is 9.88 Å². The number of piperidine rings is 1. The number of hydrogen-bond acceptors (Lipinski definition) is 3. The summed E-state index contributed by atoms with van der Waals surface area (Å²) in [5.41, 5.74) is 1.51. The Morgan fingerprint density at radius 2 is 2.39 bits per heavy atom. The highest BCUT2D eigenvalue weighted by Crippen LogP contribution is 2.50. The zero-order chi connectivity index (χ0) is 12.3. The first-order valence-corrected chi connectivity index (χ1v) is 8.04. The summed E-state index contributed by atoms with van der Waals surface area (Å²) in [6, 6.07) is 7.23. The quantitative estimate of drug-likeness (QED) is 0.794. The van der Waals surface area contributed by atoms with Gasteiger partial charge in [-0.1, -0.05) is 15.9 Å². The second-order valence-electron chi connectivity index (χ2n) is 5.72. The van der Waals surface area contributed by atoms with Gasteiger partial charge in [0.2, 0.25) is 0 Å². The number of rotatable bonds is 1. The minimum absolute atomic E-state index is 0.357. The fraction of sp³-hybridized carbons (Fsp3) is 0.500. The second kappa shape index (κ2) is 3.78. The van der Waals surface area contributed by atoms with Crippen LogP contribution in [-0.2, 0) is 5.41 Å². The first-order chi connectivity index (χ1) is 8.66. The highest BCUT2D eigenvalue weighted by Gasteiger charge is 2.50. The molecule has 2 aromatic rings. The van der Waals surface area contributed by atoms with Gasteiger partial charge in [-0.2, -0.15) is 0 Å². The Kier molecular flexibility index (Phi) is 2.39. The van der Waals surface area contributed by atoms with Gasteiger partial charge >= 0.3 is 0 Å². The van der Waals surface area contributed by atoms with Crippen LogP contribution in [0, 0.1) is 0 Å². The van der Waals surface area contributed by atoms with Crippen LogP contribution in [0.1, 0.15) is 24.3 Å². The van der Waals surface area contributed by atoms with Gasteiger partial charge in [0, 0.05) is 22.5 Å². The van der Waals surface area contributed by atoms with E-state index in [1.54, 1.807) is 0 Å². The van der Waals surface area contributed by atoms with E-state index in [4.69, 9.17) is 4.98 Å². The number of fused-ring (bicyclic) bond motifs is 3. The summed E-state index contributed by atoms with van der Waals surface area (Å²) >= 11 is 5.43. The predicted octanol–water partition coefficient (Wildman–Crippen LogP) is 3.79. The topological polar surface area (TPSA) is 16.1 Å². The third-order valence-electron chi connectivity index (χ3n) is 4.56. The Morgan fingerprint density at radius 1 is 1.50 bits per heavy atom. The van der Waals surface area contributed by atoms with Gasteiger partial charge in [0.25, 0.3) is 0 Å². The van der Waals surface area contributed by atoms with Gasteiger partial charge < -0.3 is 4.90 Å². The Balaban J connectivity index is 1.83. The van der Waals surface area contributed by atoms with Crippen molar-refractivity contribution in [3.8, 4) is 0 Å². The number of halogens is 1. The number of nitrogens with zero attached hydrogens (tertiary/aromatic N) is 2. The van der Waals surface area contributed by atoms with E-state index in [1.807, 2.05) is 11.3 Å². The summed E-state index contributed by atoms with van der Waals surface area (Å²) in [5, 5.41) is 1.36. The van der Waals surface area contributed by atoms with Crippen LogP contribution in [0.2, 0.25) is 0 Å². The van der Waals surface area contributed by atoms with Gasteiger partial charge in [0.15, 0.2) is 0 Å². The summed E-state index contributed by atoms with van der Waals surface area (Å²) < 4.78 is 2.44. The molecule has 1 saturated heterocycles. The lowest BCUT2D eigenvalue weighted by Crippen LogP contribution is -2.34. The fourth-order valence-corrected chi connectivity index (χ4v) is 5.13. The smallest absolute Gasteiger partial charge is 0.101 e. The zero-order valence-electron chi connectivity index (χ0n) is 10.3. The molecule has 2 bridgehead atoms. The first kappa shape index (κ1) is 11.4. The van der Waals surface area contributed by atoms with E-state index in [0.29, 0.717) is 5.41 Å². The molecule has 2 atom stereocenters. The maximum Gasteiger partial charge on any atom is 0.101 e. The summed E-state index contributed by atoms with van der Waals surface area (Å²) in [5.74, 6) is 0. The molecule has 2 aliphatic rings. The molecule has 1 aromatic heterocycles. The third-order valence-corrected chi connectivity index (χ3v) is 6.34. The van der Waals surface area contributed by atoms with E-state index < -0.39 is 0 Å². The molecule has 2 nitrogen and oxygen atoms in total. The Hall–Kier alpha value is -0.450. The van der Waals surface area contributed by atoms with E-state index in [-0.39, 0.29) is 0 Å². The van der Waals surface area contributed by atoms with E-state index in [2.05, 4.69) is 46.1 Å². The van der Waals surface area contributed by atoms with Crippen LogP contribution in [0.3, 0.4) is 0 Å². The number of benzene rings is 1. The summed E-state index contributed by atoms with van der Waals surface area (Å²) in [4.78, 5) is 7.44. The molecule has 2 heterocycles. The average Bonchev–Trinajstić information content (AvgIpc) is 2.99. The van der Waals surface area contributed by atoms with Gasteiger partial charge in [-0.25, -0.2) is 4.98 Å². The molecule has 2 unspecified atom stereocenters. The van der Waals surface area contributed by atoms with E-state index >= 15 is 0 Å². The Morgan fingerprint density at radius 3 is 3.11 bits per heavy atom. The highest BCUT2D eigenvalue weighted by atomic mass is 79.9. The number of aromatic nitrogens is 1. The number of thiazole rings is 1. The van der Waals surface area contributed by atoms with E-state index in [1.165, 1.54) is 35.5 Å². The minimum Gasteiger partial charge on any atom is -0.302 e. The summed E-state index contributed by atoms with van der Waals surface area (Å²) in [6.07, 6.45) is 3.98. The highest BCUT2D eigenvalue weighted by molar-refractivity contribution is 9.10. The molecule has 4 rings (SSSR count). The van der Waals surface area contributed by atoms with Crippen LogP contribution in [0.15, 0.2) is 22.7 Å². The number of likely N-dealkylation sites (N-methyl/N-ethyl adjacent to an activating group) is 1. The van der Waals surface area contributed by atoms with Gasteiger partial charge in [0.05, 0.1) is 10.2 Å². The van der Waals surface area contributed by atoms with E-state index in [9.17, 15) is 0 Å². The summed E-state index contributed by atoms with van der Waals surface area (Å²) in [6.45, 7) is 1.19. The molecule has 0 spiro atoms. The zero-order valence-corrected chi connectivity index (χ0v) is 12.7. The van der Waals surface area contributed by atoms with Crippen molar-refractivity contribution in [2.45, 2.75) is 30.7 Å². The van der Waals surface area contributed by atoms with Crippen LogP contribution in [0.5, 0.6) is 0 Å². The molecular weight excluding hydrogens is 308 g/mol. The maximum atomic E-state index is 4.92. The lowest BCUT2D eigenvalue weighted by molar-refractivity contribution is 0.246. The summed E-state index contributed by atoms with van der Waals surface area (Å²) in [7, 11) is 2.26. The van der Waals surface area contributed by atoms with Crippen molar-refractivity contribution in [1.29, 1.82) is 0 Å². The molecule has 0 radical (unpaired) electrons. The molecule has 1 saturated carbocycles. The molecule has 2 fully saturated rings. The molecule has 1 aliphatic carbocycles. The molecule has 1 aliphatic heterocycles. The molecule has 18 heavy (non-hydrogen) atoms. The first-order valence-electron chi connectivity index (χ1n) is 6.43. The lowest BCUT2D eigenvalue weighted by Gasteiger charge is -2.28. The molecule has 0 N–H and O–H groups in total. The van der Waals surface area contributed by atoms with E-state index in [0.717, 1.165) is 16.0 Å². The fourth-order valence-electron chi connectivity index (χ4n) is 3.61. The van der Waals surface area contributed by atoms with Crippen LogP contribution < -0.4 is 0 Å².